The second-order valence-electron chi connectivity index (χ2n) is 6.47. The highest BCUT2D eigenvalue weighted by Gasteiger charge is 2.28. The lowest BCUT2D eigenvalue weighted by Gasteiger charge is -2.37. The first-order chi connectivity index (χ1) is 9.07. The molecule has 2 rings (SSSR count). The molecule has 0 spiro atoms. The normalized spacial score (nSPS) is 24.4. The predicted molar refractivity (Wildman–Crippen MR) is 80.2 cm³/mol. The summed E-state index contributed by atoms with van der Waals surface area (Å²) in [6, 6.07) is 10.9. The van der Waals surface area contributed by atoms with Crippen LogP contribution in [0.3, 0.4) is 0 Å². The fraction of sp³-hybridized carbons (Fsp3) is 0.647. The van der Waals surface area contributed by atoms with Gasteiger partial charge in [-0.25, -0.2) is 0 Å². The smallest absolute Gasteiger partial charge is 0.0693 e. The monoisotopic (exact) mass is 261 g/mol. The van der Waals surface area contributed by atoms with E-state index < -0.39 is 0 Å². The molecule has 19 heavy (non-hydrogen) atoms. The molecule has 1 fully saturated rings. The van der Waals surface area contributed by atoms with E-state index in [1.54, 1.807) is 0 Å². The van der Waals surface area contributed by atoms with Gasteiger partial charge in [-0.05, 0) is 45.1 Å². The summed E-state index contributed by atoms with van der Waals surface area (Å²) >= 11 is 0. The van der Waals surface area contributed by atoms with Gasteiger partial charge in [0.1, 0.15) is 0 Å². The summed E-state index contributed by atoms with van der Waals surface area (Å²) in [6.45, 7) is 4.49. The lowest BCUT2D eigenvalue weighted by Crippen LogP contribution is -2.52. The summed E-state index contributed by atoms with van der Waals surface area (Å²) < 4.78 is 0. The van der Waals surface area contributed by atoms with Crippen molar-refractivity contribution in [3.05, 3.63) is 35.9 Å². The number of benzene rings is 1. The molecule has 106 valence electrons. The van der Waals surface area contributed by atoms with Gasteiger partial charge in [-0.1, -0.05) is 43.2 Å². The van der Waals surface area contributed by atoms with Crippen molar-refractivity contribution in [3.8, 4) is 0 Å². The van der Waals surface area contributed by atoms with Gasteiger partial charge >= 0.3 is 0 Å². The first-order valence-electron chi connectivity index (χ1n) is 7.56. The van der Waals surface area contributed by atoms with Crippen LogP contribution in [0.15, 0.2) is 30.3 Å². The van der Waals surface area contributed by atoms with Crippen molar-refractivity contribution in [2.75, 3.05) is 0 Å². The van der Waals surface area contributed by atoms with E-state index in [-0.39, 0.29) is 17.7 Å². The summed E-state index contributed by atoms with van der Waals surface area (Å²) in [5.41, 5.74) is 1.47. The van der Waals surface area contributed by atoms with E-state index in [0.29, 0.717) is 0 Å². The molecule has 1 aliphatic rings. The average molecular weight is 261 g/mol. The quantitative estimate of drug-likeness (QED) is 0.852. The van der Waals surface area contributed by atoms with Crippen molar-refractivity contribution in [2.45, 2.75) is 70.1 Å². The molecule has 0 heterocycles. The molecule has 0 amide bonds. The summed E-state index contributed by atoms with van der Waals surface area (Å²) in [4.78, 5) is 0. The minimum absolute atomic E-state index is 0.0822. The van der Waals surface area contributed by atoms with Crippen LogP contribution in [-0.2, 0) is 6.42 Å². The number of aliphatic hydroxyl groups is 1. The molecule has 1 aromatic carbocycles. The van der Waals surface area contributed by atoms with E-state index in [2.05, 4.69) is 49.5 Å². The molecular weight excluding hydrogens is 234 g/mol. The molecule has 1 aliphatic carbocycles. The summed E-state index contributed by atoms with van der Waals surface area (Å²) in [5, 5.41) is 13.7. The third-order valence-electron chi connectivity index (χ3n) is 4.19. The van der Waals surface area contributed by atoms with E-state index in [4.69, 9.17) is 0 Å². The van der Waals surface area contributed by atoms with Crippen LogP contribution in [0.1, 0.15) is 51.5 Å². The van der Waals surface area contributed by atoms with Crippen molar-refractivity contribution in [1.29, 1.82) is 0 Å². The highest BCUT2D eigenvalue weighted by atomic mass is 16.3. The molecule has 0 aromatic heterocycles. The van der Waals surface area contributed by atoms with Gasteiger partial charge in [0.25, 0.3) is 0 Å². The summed E-state index contributed by atoms with van der Waals surface area (Å²) in [6.07, 6.45) is 6.49. The Kier molecular flexibility index (Phi) is 5.00. The van der Waals surface area contributed by atoms with Crippen molar-refractivity contribution < 1.29 is 5.11 Å². The lowest BCUT2D eigenvalue weighted by atomic mass is 9.88. The van der Waals surface area contributed by atoms with Crippen LogP contribution in [0.2, 0.25) is 0 Å². The maximum atomic E-state index is 10.1. The van der Waals surface area contributed by atoms with Crippen molar-refractivity contribution in [1.82, 2.24) is 5.32 Å². The Morgan fingerprint density at radius 3 is 2.53 bits per heavy atom. The van der Waals surface area contributed by atoms with Gasteiger partial charge < -0.3 is 10.4 Å². The zero-order valence-electron chi connectivity index (χ0n) is 12.2. The zero-order chi connectivity index (χ0) is 13.7. The molecule has 2 atom stereocenters. The number of hydrogen-bond donors (Lipinski definition) is 2. The Bertz CT molecular complexity index is 374. The SMILES string of the molecule is CC(C)(CCc1ccccc1)N[C@@H]1CCCC[C@H]1O. The highest BCUT2D eigenvalue weighted by molar-refractivity contribution is 5.15. The van der Waals surface area contributed by atoms with E-state index in [0.717, 1.165) is 25.7 Å². The number of rotatable bonds is 5. The van der Waals surface area contributed by atoms with Crippen LogP contribution in [0.5, 0.6) is 0 Å². The van der Waals surface area contributed by atoms with Crippen molar-refractivity contribution in [3.63, 3.8) is 0 Å². The largest absolute Gasteiger partial charge is 0.392 e. The summed E-state index contributed by atoms with van der Waals surface area (Å²) in [5.74, 6) is 0. The fourth-order valence-corrected chi connectivity index (χ4v) is 2.96. The van der Waals surface area contributed by atoms with Gasteiger partial charge in [0.2, 0.25) is 0 Å². The van der Waals surface area contributed by atoms with Crippen LogP contribution in [0, 0.1) is 0 Å². The first-order valence-corrected chi connectivity index (χ1v) is 7.56. The van der Waals surface area contributed by atoms with Gasteiger partial charge in [-0.2, -0.15) is 0 Å². The summed E-state index contributed by atoms with van der Waals surface area (Å²) in [7, 11) is 0. The van der Waals surface area contributed by atoms with Crippen LogP contribution >= 0.6 is 0 Å². The third-order valence-corrected chi connectivity index (χ3v) is 4.19. The second kappa shape index (κ2) is 6.53. The van der Waals surface area contributed by atoms with Crippen LogP contribution in [-0.4, -0.2) is 22.8 Å². The van der Waals surface area contributed by atoms with E-state index >= 15 is 0 Å². The number of nitrogens with one attached hydrogen (secondary N) is 1. The molecule has 0 unspecified atom stereocenters. The van der Waals surface area contributed by atoms with Crippen molar-refractivity contribution in [2.24, 2.45) is 0 Å². The Hall–Kier alpha value is -0.860. The number of aliphatic hydroxyl groups excluding tert-OH is 1. The van der Waals surface area contributed by atoms with E-state index in [9.17, 15) is 5.11 Å². The Balaban J connectivity index is 1.84. The zero-order valence-corrected chi connectivity index (χ0v) is 12.2. The fourth-order valence-electron chi connectivity index (χ4n) is 2.96. The minimum Gasteiger partial charge on any atom is -0.392 e. The van der Waals surface area contributed by atoms with Gasteiger partial charge in [-0.15, -0.1) is 0 Å². The molecule has 1 aromatic rings. The Labute approximate surface area is 117 Å². The Morgan fingerprint density at radius 2 is 1.84 bits per heavy atom. The Morgan fingerprint density at radius 1 is 1.16 bits per heavy atom. The number of hydrogen-bond acceptors (Lipinski definition) is 2. The van der Waals surface area contributed by atoms with E-state index in [1.165, 1.54) is 18.4 Å². The molecule has 0 radical (unpaired) electrons. The van der Waals surface area contributed by atoms with Gasteiger partial charge in [0, 0.05) is 11.6 Å². The lowest BCUT2D eigenvalue weighted by molar-refractivity contribution is 0.0746. The molecule has 2 N–H and O–H groups in total. The molecular formula is C17H27NO. The van der Waals surface area contributed by atoms with Gasteiger partial charge in [0.05, 0.1) is 6.10 Å². The molecule has 0 aliphatic heterocycles. The average Bonchev–Trinajstić information content (AvgIpc) is 2.40. The molecule has 2 heteroatoms. The highest BCUT2D eigenvalue weighted by Crippen LogP contribution is 2.22. The van der Waals surface area contributed by atoms with Crippen LogP contribution < -0.4 is 5.32 Å². The molecule has 2 nitrogen and oxygen atoms in total. The molecule has 0 bridgehead atoms. The minimum atomic E-state index is -0.162. The standard InChI is InChI=1S/C17H27NO/c1-17(2,13-12-14-8-4-3-5-9-14)18-15-10-6-7-11-16(15)19/h3-5,8-9,15-16,18-19H,6-7,10-13H2,1-2H3/t15-,16-/m1/s1. The molecule has 0 saturated heterocycles. The van der Waals surface area contributed by atoms with E-state index in [1.807, 2.05) is 0 Å². The topological polar surface area (TPSA) is 32.3 Å². The van der Waals surface area contributed by atoms with Crippen LogP contribution in [0.4, 0.5) is 0 Å². The molecule has 1 saturated carbocycles. The second-order valence-corrected chi connectivity index (χ2v) is 6.47. The first kappa shape index (κ1) is 14.5. The maximum absolute atomic E-state index is 10.1. The van der Waals surface area contributed by atoms with Crippen LogP contribution in [0.25, 0.3) is 0 Å². The van der Waals surface area contributed by atoms with Gasteiger partial charge in [-0.3, -0.25) is 0 Å². The van der Waals surface area contributed by atoms with Crippen molar-refractivity contribution >= 4 is 0 Å². The predicted octanol–water partition coefficient (Wildman–Crippen LogP) is 3.29. The third kappa shape index (κ3) is 4.63. The maximum Gasteiger partial charge on any atom is 0.0693 e. The number of aryl methyl sites for hydroxylation is 1. The van der Waals surface area contributed by atoms with Gasteiger partial charge in [0.15, 0.2) is 0 Å².